The number of likely N-dealkylation sites (tertiary alicyclic amines) is 1. The first-order chi connectivity index (χ1) is 14.5. The Balaban J connectivity index is 1.51. The van der Waals surface area contributed by atoms with Gasteiger partial charge in [-0.1, -0.05) is 23.7 Å². The Morgan fingerprint density at radius 3 is 2.97 bits per heavy atom. The normalized spacial score (nSPS) is 16.6. The van der Waals surface area contributed by atoms with Gasteiger partial charge in [-0.2, -0.15) is 5.10 Å². The van der Waals surface area contributed by atoms with Crippen molar-refractivity contribution in [3.63, 3.8) is 0 Å². The second kappa shape index (κ2) is 8.83. The van der Waals surface area contributed by atoms with Crippen LogP contribution in [0.4, 0.5) is 0 Å². The van der Waals surface area contributed by atoms with E-state index in [0.29, 0.717) is 29.6 Å². The number of rotatable bonds is 5. The summed E-state index contributed by atoms with van der Waals surface area (Å²) >= 11 is 6.06. The third-order valence-corrected chi connectivity index (χ3v) is 5.47. The van der Waals surface area contributed by atoms with Gasteiger partial charge in [-0.25, -0.2) is 9.67 Å². The van der Waals surface area contributed by atoms with Crippen LogP contribution in [0, 0.1) is 6.92 Å². The summed E-state index contributed by atoms with van der Waals surface area (Å²) in [6.45, 7) is 2.31. The van der Waals surface area contributed by atoms with Crippen LogP contribution in [0.1, 0.15) is 48.2 Å². The van der Waals surface area contributed by atoms with Gasteiger partial charge in [0.1, 0.15) is 18.3 Å². The number of piperidine rings is 1. The Bertz CT molecular complexity index is 1110. The van der Waals surface area contributed by atoms with E-state index in [9.17, 15) is 9.59 Å². The van der Waals surface area contributed by atoms with Crippen molar-refractivity contribution in [2.45, 2.75) is 45.2 Å². The van der Waals surface area contributed by atoms with E-state index in [1.54, 1.807) is 24.1 Å². The number of hydrogen-bond donors (Lipinski definition) is 0. The summed E-state index contributed by atoms with van der Waals surface area (Å²) < 4.78 is 7.22. The van der Waals surface area contributed by atoms with Crippen molar-refractivity contribution >= 4 is 17.5 Å². The predicted octanol–water partition coefficient (Wildman–Crippen LogP) is 3.54. The van der Waals surface area contributed by atoms with Crippen molar-refractivity contribution in [1.82, 2.24) is 19.7 Å². The molecule has 8 heteroatoms. The summed E-state index contributed by atoms with van der Waals surface area (Å²) in [4.78, 5) is 31.2. The highest BCUT2D eigenvalue weighted by atomic mass is 35.5. The summed E-state index contributed by atoms with van der Waals surface area (Å²) in [5, 5.41) is 4.85. The van der Waals surface area contributed by atoms with Crippen LogP contribution in [-0.4, -0.2) is 32.1 Å². The lowest BCUT2D eigenvalue weighted by atomic mass is 10.0. The molecule has 1 saturated heterocycles. The minimum atomic E-state index is -0.289. The summed E-state index contributed by atoms with van der Waals surface area (Å²) in [5.41, 5.74) is 1.44. The first-order valence-electron chi connectivity index (χ1n) is 10.0. The molecule has 0 bridgehead atoms. The van der Waals surface area contributed by atoms with Crippen LogP contribution in [0.15, 0.2) is 51.8 Å². The van der Waals surface area contributed by atoms with Crippen LogP contribution in [0.5, 0.6) is 0 Å². The third kappa shape index (κ3) is 4.62. The summed E-state index contributed by atoms with van der Waals surface area (Å²) in [5.74, 6) is 1.10. The molecule has 0 radical (unpaired) electrons. The minimum Gasteiger partial charge on any atom is -0.443 e. The van der Waals surface area contributed by atoms with Gasteiger partial charge in [-0.15, -0.1) is 0 Å². The number of benzene rings is 1. The molecule has 1 amide bonds. The minimum absolute atomic E-state index is 0.0902. The van der Waals surface area contributed by atoms with E-state index in [1.807, 2.05) is 24.3 Å². The number of nitrogens with zero attached hydrogens (tertiary/aromatic N) is 4. The van der Waals surface area contributed by atoms with Crippen molar-refractivity contribution in [3.8, 4) is 0 Å². The molecular formula is C22H23ClN4O3. The summed E-state index contributed by atoms with van der Waals surface area (Å²) in [6, 6.07) is 10.4. The van der Waals surface area contributed by atoms with Crippen LogP contribution in [0.2, 0.25) is 5.02 Å². The van der Waals surface area contributed by atoms with Crippen molar-refractivity contribution in [2.24, 2.45) is 0 Å². The van der Waals surface area contributed by atoms with Gasteiger partial charge in [0.15, 0.2) is 0 Å². The van der Waals surface area contributed by atoms with E-state index < -0.39 is 0 Å². The quantitative estimate of drug-likeness (QED) is 0.623. The van der Waals surface area contributed by atoms with Gasteiger partial charge in [-0.3, -0.25) is 9.59 Å². The molecule has 1 fully saturated rings. The first-order valence-corrected chi connectivity index (χ1v) is 10.4. The fourth-order valence-electron chi connectivity index (χ4n) is 3.78. The molecule has 3 aromatic rings. The Morgan fingerprint density at radius 1 is 1.27 bits per heavy atom. The van der Waals surface area contributed by atoms with Crippen LogP contribution in [-0.2, 0) is 17.8 Å². The van der Waals surface area contributed by atoms with E-state index in [4.69, 9.17) is 16.0 Å². The number of halogens is 1. The predicted molar refractivity (Wildman–Crippen MR) is 112 cm³/mol. The number of oxazole rings is 1. The Morgan fingerprint density at radius 2 is 2.13 bits per heavy atom. The average Bonchev–Trinajstić information content (AvgIpc) is 3.19. The molecule has 0 aliphatic carbocycles. The maximum absolute atomic E-state index is 13.0. The maximum atomic E-state index is 13.0. The van der Waals surface area contributed by atoms with Crippen molar-refractivity contribution in [1.29, 1.82) is 0 Å². The van der Waals surface area contributed by atoms with Gasteiger partial charge >= 0.3 is 0 Å². The molecule has 0 saturated carbocycles. The highest BCUT2D eigenvalue weighted by Crippen LogP contribution is 2.31. The van der Waals surface area contributed by atoms with Crippen molar-refractivity contribution in [3.05, 3.63) is 80.9 Å². The zero-order valence-electron chi connectivity index (χ0n) is 16.8. The lowest BCUT2D eigenvalue weighted by Crippen LogP contribution is -2.42. The van der Waals surface area contributed by atoms with Gasteiger partial charge in [0.2, 0.25) is 11.8 Å². The van der Waals surface area contributed by atoms with Crippen LogP contribution in [0.25, 0.3) is 0 Å². The van der Waals surface area contributed by atoms with Gasteiger partial charge < -0.3 is 9.32 Å². The highest BCUT2D eigenvalue weighted by Gasteiger charge is 2.31. The Labute approximate surface area is 179 Å². The van der Waals surface area contributed by atoms with Crippen molar-refractivity contribution < 1.29 is 9.21 Å². The number of hydrogen-bond acceptors (Lipinski definition) is 5. The molecule has 30 heavy (non-hydrogen) atoms. The average molecular weight is 427 g/mol. The molecule has 7 nitrogen and oxygen atoms in total. The fraction of sp³-hybridized carbons (Fsp3) is 0.364. The summed E-state index contributed by atoms with van der Waals surface area (Å²) in [6.07, 6.45) is 4.97. The molecule has 0 spiro atoms. The molecule has 0 unspecified atom stereocenters. The van der Waals surface area contributed by atoms with Gasteiger partial charge in [-0.05, 0) is 49.9 Å². The van der Waals surface area contributed by atoms with Gasteiger partial charge in [0, 0.05) is 24.1 Å². The molecule has 156 valence electrons. The lowest BCUT2D eigenvalue weighted by Gasteiger charge is -2.33. The summed E-state index contributed by atoms with van der Waals surface area (Å²) in [7, 11) is 0. The molecule has 3 heterocycles. The molecular weight excluding hydrogens is 404 g/mol. The molecule has 0 N–H and O–H groups in total. The smallest absolute Gasteiger partial charge is 0.267 e. The lowest BCUT2D eigenvalue weighted by molar-refractivity contribution is -0.136. The molecule has 4 rings (SSSR count). The third-order valence-electron chi connectivity index (χ3n) is 5.23. The van der Waals surface area contributed by atoms with Crippen LogP contribution in [0.3, 0.4) is 0 Å². The van der Waals surface area contributed by atoms with E-state index in [-0.39, 0.29) is 24.1 Å². The van der Waals surface area contributed by atoms with E-state index in [1.165, 1.54) is 10.7 Å². The number of aromatic nitrogens is 3. The van der Waals surface area contributed by atoms with Gasteiger partial charge in [0.25, 0.3) is 5.56 Å². The van der Waals surface area contributed by atoms with Gasteiger partial charge in [0.05, 0.1) is 11.9 Å². The monoisotopic (exact) mass is 426 g/mol. The second-order valence-corrected chi connectivity index (χ2v) is 7.98. The second-order valence-electron chi connectivity index (χ2n) is 7.54. The van der Waals surface area contributed by atoms with Crippen molar-refractivity contribution in [2.75, 3.05) is 6.54 Å². The maximum Gasteiger partial charge on any atom is 0.267 e. The Kier molecular flexibility index (Phi) is 5.99. The molecule has 2 aromatic heterocycles. The van der Waals surface area contributed by atoms with E-state index in [0.717, 1.165) is 30.6 Å². The standard InChI is InChI=1S/C22H23ClN4O3/c1-15-8-9-20(28)27(25-15)14-21(29)26-10-3-2-7-19(26)22-24-13-18(30-22)12-16-5-4-6-17(23)11-16/h4-6,8-9,11,13,19H,2-3,7,10,12,14H2,1H3/t19-/m0/s1. The topological polar surface area (TPSA) is 81.2 Å². The number of aryl methyl sites for hydroxylation is 1. The van der Waals surface area contributed by atoms with E-state index in [2.05, 4.69) is 10.1 Å². The van der Waals surface area contributed by atoms with Crippen LogP contribution >= 0.6 is 11.6 Å². The molecule has 1 aliphatic heterocycles. The Hall–Kier alpha value is -2.93. The first kappa shape index (κ1) is 20.3. The largest absolute Gasteiger partial charge is 0.443 e. The fourth-order valence-corrected chi connectivity index (χ4v) is 3.99. The van der Waals surface area contributed by atoms with Crippen LogP contribution < -0.4 is 5.56 Å². The molecule has 1 atom stereocenters. The number of amides is 1. The van der Waals surface area contributed by atoms with E-state index >= 15 is 0 Å². The molecule has 1 aliphatic rings. The number of carbonyl (C=O) groups excluding carboxylic acids is 1. The zero-order chi connectivity index (χ0) is 21.1. The highest BCUT2D eigenvalue weighted by molar-refractivity contribution is 6.30. The zero-order valence-corrected chi connectivity index (χ0v) is 17.5. The molecule has 1 aromatic carbocycles. The SMILES string of the molecule is Cc1ccc(=O)n(CC(=O)N2CCCC[C@H]2c2ncc(Cc3cccc(Cl)c3)o2)n1. The number of carbonyl (C=O) groups is 1.